The van der Waals surface area contributed by atoms with Crippen molar-refractivity contribution < 1.29 is 19.8 Å². The van der Waals surface area contributed by atoms with E-state index in [0.717, 1.165) is 24.8 Å². The Hall–Kier alpha value is -1.00. The van der Waals surface area contributed by atoms with Crippen molar-refractivity contribution in [1.29, 1.82) is 0 Å². The highest BCUT2D eigenvalue weighted by Crippen LogP contribution is 2.70. The summed E-state index contributed by atoms with van der Waals surface area (Å²) in [7, 11) is 0. The molecule has 0 bridgehead atoms. The number of carbonyl (C=O) groups is 2. The van der Waals surface area contributed by atoms with Gasteiger partial charge in [-0.25, -0.2) is 0 Å². The van der Waals surface area contributed by atoms with Crippen LogP contribution in [0.1, 0.15) is 72.6 Å². The van der Waals surface area contributed by atoms with Crippen molar-refractivity contribution >= 4 is 11.6 Å². The van der Waals surface area contributed by atoms with Crippen LogP contribution < -0.4 is 0 Å². The minimum Gasteiger partial charge on any atom is -0.389 e. The number of fused-ring (bicyclic) bond motifs is 5. The summed E-state index contributed by atoms with van der Waals surface area (Å²) in [5, 5.41) is 23.4. The molecule has 4 aliphatic rings. The zero-order chi connectivity index (χ0) is 19.1. The van der Waals surface area contributed by atoms with E-state index in [9.17, 15) is 19.8 Å². The minimum atomic E-state index is -1.29. The van der Waals surface area contributed by atoms with Gasteiger partial charge in [0.1, 0.15) is 5.60 Å². The van der Waals surface area contributed by atoms with Crippen LogP contribution in [-0.2, 0) is 9.59 Å². The molecule has 0 aliphatic heterocycles. The molecule has 26 heavy (non-hydrogen) atoms. The molecule has 0 heterocycles. The van der Waals surface area contributed by atoms with Gasteiger partial charge in [0.2, 0.25) is 0 Å². The van der Waals surface area contributed by atoms with E-state index in [1.54, 1.807) is 6.08 Å². The number of Topliss-reactive ketones (excluding diaryl/α,β-unsaturated/α-hetero) is 1. The minimum absolute atomic E-state index is 0.0763. The highest BCUT2D eigenvalue weighted by atomic mass is 16.3. The molecule has 0 amide bonds. The van der Waals surface area contributed by atoms with Crippen molar-refractivity contribution in [3.63, 3.8) is 0 Å². The van der Waals surface area contributed by atoms with Crippen LogP contribution in [0, 0.1) is 28.6 Å². The van der Waals surface area contributed by atoms with E-state index >= 15 is 0 Å². The number of rotatable bonds is 1. The van der Waals surface area contributed by atoms with Crippen LogP contribution in [0.4, 0.5) is 0 Å². The summed E-state index contributed by atoms with van der Waals surface area (Å²) in [5.74, 6) is 0.176. The first-order valence-corrected chi connectivity index (χ1v) is 10.2. The molecule has 3 saturated carbocycles. The lowest BCUT2D eigenvalue weighted by Gasteiger charge is -2.63. The SMILES string of the molecule is CC(=O)[C@@]1(O)[C@@H](C)C[C@H]2[C@@H]3CCC4=CC(=O)CC[C@]4(C)[C@@]3(O)CC[C@@]21C. The van der Waals surface area contributed by atoms with Gasteiger partial charge in [0, 0.05) is 17.3 Å². The molecule has 4 heteroatoms. The molecule has 3 fully saturated rings. The lowest BCUT2D eigenvalue weighted by molar-refractivity contribution is -0.211. The van der Waals surface area contributed by atoms with Crippen LogP contribution in [0.5, 0.6) is 0 Å². The smallest absolute Gasteiger partial charge is 0.162 e. The summed E-state index contributed by atoms with van der Waals surface area (Å²) in [6.45, 7) is 7.70. The molecule has 4 nitrogen and oxygen atoms in total. The molecular weight excluding hydrogens is 328 g/mol. The summed E-state index contributed by atoms with van der Waals surface area (Å²) < 4.78 is 0. The lowest BCUT2D eigenvalue weighted by Crippen LogP contribution is -2.65. The van der Waals surface area contributed by atoms with E-state index in [-0.39, 0.29) is 34.7 Å². The molecule has 144 valence electrons. The largest absolute Gasteiger partial charge is 0.389 e. The number of hydrogen-bond acceptors (Lipinski definition) is 4. The Balaban J connectivity index is 1.78. The first-order valence-electron chi connectivity index (χ1n) is 10.2. The van der Waals surface area contributed by atoms with E-state index in [2.05, 4.69) is 13.8 Å². The van der Waals surface area contributed by atoms with Gasteiger partial charge in [-0.3, -0.25) is 9.59 Å². The van der Waals surface area contributed by atoms with Gasteiger partial charge in [-0.1, -0.05) is 26.3 Å². The molecule has 4 aliphatic carbocycles. The number of ketones is 2. The topological polar surface area (TPSA) is 74.6 Å². The van der Waals surface area contributed by atoms with Gasteiger partial charge in [-0.05, 0) is 69.3 Å². The fourth-order valence-corrected chi connectivity index (χ4v) is 7.60. The van der Waals surface area contributed by atoms with Gasteiger partial charge in [0.05, 0.1) is 5.60 Å². The highest BCUT2D eigenvalue weighted by Gasteiger charge is 2.71. The van der Waals surface area contributed by atoms with Gasteiger partial charge in [0.15, 0.2) is 11.6 Å². The second-order valence-electron chi connectivity index (χ2n) is 10.0. The van der Waals surface area contributed by atoms with Crippen molar-refractivity contribution in [2.24, 2.45) is 28.6 Å². The monoisotopic (exact) mass is 360 g/mol. The third-order valence-electron chi connectivity index (χ3n) is 9.27. The predicted molar refractivity (Wildman–Crippen MR) is 98.3 cm³/mol. The van der Waals surface area contributed by atoms with Gasteiger partial charge in [0.25, 0.3) is 0 Å². The second kappa shape index (κ2) is 5.29. The molecule has 7 atom stereocenters. The van der Waals surface area contributed by atoms with Crippen molar-refractivity contribution in [1.82, 2.24) is 0 Å². The quantitative estimate of drug-likeness (QED) is 0.753. The standard InChI is InChI=1S/C22H32O4/c1-13-11-18-17-6-5-15-12-16(24)7-8-19(15,3)21(17,25)10-9-20(18,4)22(13,26)14(2)23/h12-13,17-18,25-26H,5-11H2,1-4H3/t13-,17-,18-,19-,20-,21+,22-/m0/s1. The maximum Gasteiger partial charge on any atom is 0.162 e. The Morgan fingerprint density at radius 3 is 2.46 bits per heavy atom. The molecule has 0 aromatic rings. The lowest BCUT2D eigenvalue weighted by atomic mass is 9.44. The zero-order valence-electron chi connectivity index (χ0n) is 16.5. The molecule has 0 radical (unpaired) electrons. The van der Waals surface area contributed by atoms with Crippen molar-refractivity contribution in [3.8, 4) is 0 Å². The van der Waals surface area contributed by atoms with E-state index in [1.807, 2.05) is 6.92 Å². The first kappa shape index (κ1) is 18.4. The maximum atomic E-state index is 12.4. The van der Waals surface area contributed by atoms with Crippen molar-refractivity contribution in [3.05, 3.63) is 11.6 Å². The summed E-state index contributed by atoms with van der Waals surface area (Å²) >= 11 is 0. The summed E-state index contributed by atoms with van der Waals surface area (Å²) in [6.07, 6.45) is 6.71. The summed E-state index contributed by atoms with van der Waals surface area (Å²) in [4.78, 5) is 24.4. The highest BCUT2D eigenvalue weighted by molar-refractivity contribution is 5.91. The predicted octanol–water partition coefficient (Wildman–Crippen LogP) is 3.20. The van der Waals surface area contributed by atoms with Crippen molar-refractivity contribution in [2.45, 2.75) is 83.8 Å². The van der Waals surface area contributed by atoms with Crippen LogP contribution in [0.15, 0.2) is 11.6 Å². The van der Waals surface area contributed by atoms with Crippen LogP contribution in [0.3, 0.4) is 0 Å². The molecule has 2 N–H and O–H groups in total. The Labute approximate surface area is 156 Å². The average molecular weight is 360 g/mol. The van der Waals surface area contributed by atoms with E-state index in [0.29, 0.717) is 25.7 Å². The van der Waals surface area contributed by atoms with Crippen LogP contribution >= 0.6 is 0 Å². The van der Waals surface area contributed by atoms with Crippen LogP contribution in [0.25, 0.3) is 0 Å². The van der Waals surface area contributed by atoms with E-state index in [4.69, 9.17) is 0 Å². The number of hydrogen-bond donors (Lipinski definition) is 2. The Morgan fingerprint density at radius 1 is 1.12 bits per heavy atom. The van der Waals surface area contributed by atoms with E-state index < -0.39 is 16.6 Å². The first-order chi connectivity index (χ1) is 12.0. The van der Waals surface area contributed by atoms with Gasteiger partial charge < -0.3 is 10.2 Å². The van der Waals surface area contributed by atoms with Crippen LogP contribution in [-0.4, -0.2) is 33.0 Å². The van der Waals surface area contributed by atoms with Gasteiger partial charge >= 0.3 is 0 Å². The maximum absolute atomic E-state index is 12.4. The van der Waals surface area contributed by atoms with Gasteiger partial charge in [-0.15, -0.1) is 0 Å². The number of aliphatic hydroxyl groups is 2. The summed E-state index contributed by atoms with van der Waals surface area (Å²) in [5.41, 5.74) is -1.85. The Kier molecular flexibility index (Phi) is 3.74. The fourth-order valence-electron chi connectivity index (χ4n) is 7.60. The second-order valence-corrected chi connectivity index (χ2v) is 10.0. The molecule has 0 spiro atoms. The average Bonchev–Trinajstić information content (AvgIpc) is 2.78. The van der Waals surface area contributed by atoms with Crippen molar-refractivity contribution in [2.75, 3.05) is 0 Å². The molecule has 0 saturated heterocycles. The van der Waals surface area contributed by atoms with Crippen LogP contribution in [0.2, 0.25) is 0 Å². The summed E-state index contributed by atoms with van der Waals surface area (Å²) in [6, 6.07) is 0. The Morgan fingerprint density at radius 2 is 1.81 bits per heavy atom. The third kappa shape index (κ3) is 1.88. The fraction of sp³-hybridized carbons (Fsp3) is 0.818. The Bertz CT molecular complexity index is 711. The third-order valence-corrected chi connectivity index (χ3v) is 9.27. The normalized spacial score (nSPS) is 53.4. The zero-order valence-corrected chi connectivity index (χ0v) is 16.5. The molecule has 0 aromatic heterocycles. The molecule has 4 rings (SSSR count). The molecule has 0 aromatic carbocycles. The molecule has 0 unspecified atom stereocenters. The molecular formula is C22H32O4. The number of carbonyl (C=O) groups excluding carboxylic acids is 2. The van der Waals surface area contributed by atoms with Gasteiger partial charge in [-0.2, -0.15) is 0 Å². The van der Waals surface area contributed by atoms with E-state index in [1.165, 1.54) is 6.92 Å².